The third-order valence-electron chi connectivity index (χ3n) is 12.4. The molecule has 0 aliphatic heterocycles. The highest BCUT2D eigenvalue weighted by molar-refractivity contribution is 6.29. The van der Waals surface area contributed by atoms with Gasteiger partial charge in [-0.15, -0.1) is 0 Å². The summed E-state index contributed by atoms with van der Waals surface area (Å²) in [6.07, 6.45) is 10.9. The van der Waals surface area contributed by atoms with Gasteiger partial charge < -0.3 is 19.3 Å². The van der Waals surface area contributed by atoms with Gasteiger partial charge in [-0.2, -0.15) is 0 Å². The van der Waals surface area contributed by atoms with Gasteiger partial charge in [0.25, 0.3) is 0 Å². The van der Waals surface area contributed by atoms with Crippen LogP contribution in [0.5, 0.6) is 11.5 Å². The molecule has 318 valence electrons. The normalized spacial score (nSPS) is 11.5. The van der Waals surface area contributed by atoms with Crippen LogP contribution in [-0.2, 0) is 12.8 Å². The van der Waals surface area contributed by atoms with Gasteiger partial charge in [0.1, 0.15) is 11.5 Å². The number of unbranched alkanes of at least 4 members (excludes halogenated alkanes) is 4. The number of rotatable bonds is 20. The predicted molar refractivity (Wildman–Crippen MR) is 267 cm³/mol. The molecule has 0 aliphatic carbocycles. The summed E-state index contributed by atoms with van der Waals surface area (Å²) in [5.74, 6) is 1.82. The molecule has 0 saturated heterocycles. The molecule has 0 aromatic heterocycles. The quantitative estimate of drug-likeness (QED) is 0.0565. The summed E-state index contributed by atoms with van der Waals surface area (Å²) in [5.41, 5.74) is 12.2. The fourth-order valence-corrected chi connectivity index (χ4v) is 8.91. The zero-order valence-corrected chi connectivity index (χ0v) is 37.9. The van der Waals surface area contributed by atoms with Crippen molar-refractivity contribution in [3.63, 3.8) is 0 Å². The Morgan fingerprint density at radius 1 is 0.371 bits per heavy atom. The zero-order chi connectivity index (χ0) is 43.0. The molecule has 0 radical (unpaired) electrons. The first-order valence-electron chi connectivity index (χ1n) is 23.4. The molecule has 0 heterocycles. The highest BCUT2D eigenvalue weighted by Gasteiger charge is 2.25. The van der Waals surface area contributed by atoms with E-state index in [0.717, 1.165) is 112 Å². The van der Waals surface area contributed by atoms with E-state index in [9.17, 15) is 0 Å². The smallest absolute Gasteiger partial charge is 0.119 e. The molecule has 8 aromatic carbocycles. The molecule has 8 rings (SSSR count). The van der Waals surface area contributed by atoms with Gasteiger partial charge in [-0.1, -0.05) is 113 Å². The van der Waals surface area contributed by atoms with Crippen LogP contribution in [0.3, 0.4) is 0 Å². The van der Waals surface area contributed by atoms with Crippen molar-refractivity contribution in [2.24, 2.45) is 0 Å². The Bertz CT molecular complexity index is 2490. The fraction of sp³-hybridized carbons (Fsp3) is 0.310. The Labute approximate surface area is 370 Å². The number of aryl methyl sites for hydroxylation is 4. The molecule has 62 heavy (non-hydrogen) atoms. The number of anilines is 6. The van der Waals surface area contributed by atoms with Gasteiger partial charge >= 0.3 is 0 Å². The molecule has 0 atom stereocenters. The first-order valence-corrected chi connectivity index (χ1v) is 23.4. The van der Waals surface area contributed by atoms with Crippen LogP contribution < -0.4 is 19.3 Å². The van der Waals surface area contributed by atoms with Gasteiger partial charge in [-0.3, -0.25) is 0 Å². The average Bonchev–Trinajstić information content (AvgIpc) is 3.30. The number of hydrogen-bond donors (Lipinski definition) is 0. The monoisotopic (exact) mass is 820 g/mol. The third-order valence-corrected chi connectivity index (χ3v) is 12.4. The lowest BCUT2D eigenvalue weighted by atomic mass is 9.86. The van der Waals surface area contributed by atoms with E-state index in [1.165, 1.54) is 65.9 Å². The molecule has 0 N–H and O–H groups in total. The van der Waals surface area contributed by atoms with Gasteiger partial charge in [0.05, 0.1) is 24.6 Å². The second-order valence-electron chi connectivity index (χ2n) is 17.1. The maximum Gasteiger partial charge on any atom is 0.119 e. The van der Waals surface area contributed by atoms with Crippen molar-refractivity contribution in [2.75, 3.05) is 23.0 Å². The summed E-state index contributed by atoms with van der Waals surface area (Å²) in [6.45, 7) is 14.8. The van der Waals surface area contributed by atoms with E-state index in [1.54, 1.807) is 0 Å². The third kappa shape index (κ3) is 8.98. The molecule has 0 fully saturated rings. The van der Waals surface area contributed by atoms with Crippen LogP contribution in [0.1, 0.15) is 101 Å². The standard InChI is InChI=1S/C58H64N2O2/c1-7-11-15-43-39-55(59(45-21-17-41(5)18-22-45)47-25-29-49(30-26-47)61-37-13-9-3)53-36-34-52-44(16-12-8-2)40-56(54-35-33-51(43)57(53)58(52)54)60(46-23-19-42(6)20-24-46)48-27-31-50(32-28-48)62-38-14-10-4/h17-36,39-40H,7-16,37-38H2,1-6H3. The molecular formula is C58H64N2O2. The predicted octanol–water partition coefficient (Wildman–Crippen LogP) is 17.2. The van der Waals surface area contributed by atoms with E-state index in [2.05, 4.69) is 185 Å². The minimum absolute atomic E-state index is 0.732. The van der Waals surface area contributed by atoms with Crippen LogP contribution in [0.25, 0.3) is 32.3 Å². The first kappa shape index (κ1) is 42.7. The molecule has 4 nitrogen and oxygen atoms in total. The maximum absolute atomic E-state index is 6.16. The molecule has 0 amide bonds. The molecule has 0 spiro atoms. The maximum atomic E-state index is 6.16. The Balaban J connectivity index is 1.40. The van der Waals surface area contributed by atoms with Crippen LogP contribution in [0.15, 0.2) is 133 Å². The summed E-state index contributed by atoms with van der Waals surface area (Å²) in [7, 11) is 0. The van der Waals surface area contributed by atoms with Crippen molar-refractivity contribution < 1.29 is 9.47 Å². The van der Waals surface area contributed by atoms with Crippen LogP contribution in [0.2, 0.25) is 0 Å². The summed E-state index contributed by atoms with van der Waals surface area (Å²) in [5, 5.41) is 7.93. The van der Waals surface area contributed by atoms with E-state index in [1.807, 2.05) is 0 Å². The highest BCUT2D eigenvalue weighted by atomic mass is 16.5. The van der Waals surface area contributed by atoms with E-state index in [-0.39, 0.29) is 0 Å². The van der Waals surface area contributed by atoms with Crippen molar-refractivity contribution >= 4 is 66.4 Å². The molecule has 0 saturated carbocycles. The van der Waals surface area contributed by atoms with E-state index in [4.69, 9.17) is 9.47 Å². The van der Waals surface area contributed by atoms with Crippen molar-refractivity contribution in [3.8, 4) is 11.5 Å². The lowest BCUT2D eigenvalue weighted by Crippen LogP contribution is -2.13. The molecule has 0 aliphatic rings. The van der Waals surface area contributed by atoms with Crippen LogP contribution in [0, 0.1) is 13.8 Å². The first-order chi connectivity index (χ1) is 30.4. The van der Waals surface area contributed by atoms with Crippen LogP contribution in [-0.4, -0.2) is 13.2 Å². The van der Waals surface area contributed by atoms with E-state index in [0.29, 0.717) is 0 Å². The lowest BCUT2D eigenvalue weighted by molar-refractivity contribution is 0.309. The second-order valence-corrected chi connectivity index (χ2v) is 17.1. The number of nitrogens with zero attached hydrogens (tertiary/aromatic N) is 2. The zero-order valence-electron chi connectivity index (χ0n) is 37.9. The summed E-state index contributed by atoms with van der Waals surface area (Å²) >= 11 is 0. The lowest BCUT2D eigenvalue weighted by Gasteiger charge is -2.31. The number of ether oxygens (including phenoxy) is 2. The Morgan fingerprint density at radius 2 is 0.694 bits per heavy atom. The minimum atomic E-state index is 0.732. The fourth-order valence-electron chi connectivity index (χ4n) is 8.91. The van der Waals surface area contributed by atoms with E-state index < -0.39 is 0 Å². The molecule has 4 heteroatoms. The highest BCUT2D eigenvalue weighted by Crippen LogP contribution is 2.50. The molecular weight excluding hydrogens is 757 g/mol. The largest absolute Gasteiger partial charge is 0.494 e. The Kier molecular flexibility index (Phi) is 13.6. The molecule has 0 bridgehead atoms. The minimum Gasteiger partial charge on any atom is -0.494 e. The van der Waals surface area contributed by atoms with Gasteiger partial charge in [-0.25, -0.2) is 0 Å². The topological polar surface area (TPSA) is 24.9 Å². The van der Waals surface area contributed by atoms with E-state index >= 15 is 0 Å². The second kappa shape index (κ2) is 19.8. The summed E-state index contributed by atoms with van der Waals surface area (Å²) in [6, 6.07) is 50.1. The molecule has 0 unspecified atom stereocenters. The number of benzene rings is 8. The SMILES string of the molecule is CCCCOc1ccc(N(c2ccc(C)cc2)c2cc(CCCC)c3ccc4c(N(c5ccc(C)cc5)c5ccc(OCCCC)cc5)cc(CCCC)c5ccc2c3c54)cc1. The van der Waals surface area contributed by atoms with Crippen molar-refractivity contribution in [1.29, 1.82) is 0 Å². The van der Waals surface area contributed by atoms with Crippen molar-refractivity contribution in [2.45, 2.75) is 106 Å². The van der Waals surface area contributed by atoms with Gasteiger partial charge in [0.15, 0.2) is 0 Å². The Morgan fingerprint density at radius 3 is 1.03 bits per heavy atom. The summed E-state index contributed by atoms with van der Waals surface area (Å²) < 4.78 is 12.3. The Hall–Kier alpha value is -6.00. The van der Waals surface area contributed by atoms with Gasteiger partial charge in [0.2, 0.25) is 0 Å². The van der Waals surface area contributed by atoms with Gasteiger partial charge in [-0.05, 0) is 170 Å². The van der Waals surface area contributed by atoms with Crippen molar-refractivity contribution in [1.82, 2.24) is 0 Å². The van der Waals surface area contributed by atoms with Crippen LogP contribution in [0.4, 0.5) is 34.1 Å². The summed E-state index contributed by atoms with van der Waals surface area (Å²) in [4.78, 5) is 4.94. The number of hydrogen-bond acceptors (Lipinski definition) is 4. The molecule has 8 aromatic rings. The van der Waals surface area contributed by atoms with Crippen LogP contribution >= 0.6 is 0 Å². The van der Waals surface area contributed by atoms with Crippen molar-refractivity contribution in [3.05, 3.63) is 156 Å². The average molecular weight is 821 g/mol. The van der Waals surface area contributed by atoms with Gasteiger partial charge in [0, 0.05) is 33.5 Å².